The van der Waals surface area contributed by atoms with Crippen molar-refractivity contribution < 1.29 is 4.92 Å². The molecule has 0 amide bonds. The van der Waals surface area contributed by atoms with Gasteiger partial charge in [-0.1, -0.05) is 17.8 Å². The van der Waals surface area contributed by atoms with E-state index in [1.807, 2.05) is 6.07 Å². The molecule has 1 aromatic rings. The van der Waals surface area contributed by atoms with Gasteiger partial charge in [-0.3, -0.25) is 10.1 Å². The monoisotopic (exact) mass is 292 g/mol. The van der Waals surface area contributed by atoms with Crippen LogP contribution in [0.3, 0.4) is 0 Å². The summed E-state index contributed by atoms with van der Waals surface area (Å²) in [6, 6.07) is 4.16. The first-order valence-electron chi connectivity index (χ1n) is 7.69. The summed E-state index contributed by atoms with van der Waals surface area (Å²) in [7, 11) is 0. The Morgan fingerprint density at radius 2 is 2.10 bits per heavy atom. The van der Waals surface area contributed by atoms with Gasteiger partial charge in [0.1, 0.15) is 0 Å². The van der Waals surface area contributed by atoms with E-state index in [2.05, 4.69) is 5.32 Å². The summed E-state index contributed by atoms with van der Waals surface area (Å²) in [6.45, 7) is 0.795. The van der Waals surface area contributed by atoms with E-state index in [1.54, 1.807) is 6.07 Å². The van der Waals surface area contributed by atoms with Crippen molar-refractivity contribution in [1.82, 2.24) is 5.32 Å². The van der Waals surface area contributed by atoms with E-state index in [0.717, 1.165) is 35.1 Å². The van der Waals surface area contributed by atoms with Crippen LogP contribution in [0, 0.1) is 33.8 Å². The summed E-state index contributed by atoms with van der Waals surface area (Å²) < 4.78 is 0. The number of fused-ring (bicyclic) bond motifs is 5. The number of hydrogen-bond donors (Lipinski definition) is 1. The molecular formula is C15H20N2O2S. The Kier molecular flexibility index (Phi) is 3.07. The number of nitro groups is 1. The lowest BCUT2D eigenvalue weighted by molar-refractivity contribution is -0.380. The van der Waals surface area contributed by atoms with Gasteiger partial charge < -0.3 is 5.32 Å². The summed E-state index contributed by atoms with van der Waals surface area (Å²) >= 11 is 1.30. The Bertz CT molecular complexity index is 530. The van der Waals surface area contributed by atoms with Crippen molar-refractivity contribution in [3.63, 3.8) is 0 Å². The van der Waals surface area contributed by atoms with Gasteiger partial charge in [-0.05, 0) is 55.4 Å². The Hall–Kier alpha value is -0.940. The topological polar surface area (TPSA) is 55.2 Å². The second kappa shape index (κ2) is 4.81. The Labute approximate surface area is 122 Å². The van der Waals surface area contributed by atoms with Gasteiger partial charge in [-0.25, -0.2) is 0 Å². The van der Waals surface area contributed by atoms with E-state index in [4.69, 9.17) is 0 Å². The normalized spacial score (nSPS) is 38.3. The molecule has 5 unspecified atom stereocenters. The van der Waals surface area contributed by atoms with Gasteiger partial charge in [0.15, 0.2) is 0 Å². The van der Waals surface area contributed by atoms with Crippen LogP contribution in [-0.2, 0) is 6.54 Å². The fourth-order valence-corrected chi connectivity index (χ4v) is 5.87. The van der Waals surface area contributed by atoms with Gasteiger partial charge in [-0.15, -0.1) is 0 Å². The highest BCUT2D eigenvalue weighted by molar-refractivity contribution is 7.15. The van der Waals surface area contributed by atoms with Gasteiger partial charge in [0.05, 0.1) is 4.92 Å². The molecular weight excluding hydrogens is 272 g/mol. The number of nitrogens with zero attached hydrogens (tertiary/aromatic N) is 1. The van der Waals surface area contributed by atoms with Crippen molar-refractivity contribution in [3.8, 4) is 0 Å². The van der Waals surface area contributed by atoms with Crippen LogP contribution in [0.1, 0.15) is 37.0 Å². The third-order valence-corrected chi connectivity index (χ3v) is 6.83. The number of thiophene rings is 1. The first-order chi connectivity index (χ1) is 9.72. The van der Waals surface area contributed by atoms with Crippen LogP contribution in [-0.4, -0.2) is 11.0 Å². The Morgan fingerprint density at radius 3 is 2.90 bits per heavy atom. The van der Waals surface area contributed by atoms with Crippen LogP contribution in [0.15, 0.2) is 12.1 Å². The zero-order chi connectivity index (χ0) is 13.7. The van der Waals surface area contributed by atoms with E-state index < -0.39 is 0 Å². The maximum absolute atomic E-state index is 10.7. The van der Waals surface area contributed by atoms with Gasteiger partial charge >= 0.3 is 5.00 Å². The molecule has 0 radical (unpaired) electrons. The lowest BCUT2D eigenvalue weighted by atomic mass is 9.79. The maximum atomic E-state index is 10.7. The molecule has 1 heterocycles. The molecule has 1 N–H and O–H groups in total. The quantitative estimate of drug-likeness (QED) is 0.682. The van der Waals surface area contributed by atoms with Crippen LogP contribution >= 0.6 is 11.3 Å². The highest BCUT2D eigenvalue weighted by atomic mass is 32.1. The molecule has 1 aromatic heterocycles. The molecule has 3 fully saturated rings. The zero-order valence-corrected chi connectivity index (χ0v) is 12.3. The highest BCUT2D eigenvalue weighted by Gasteiger charge is 2.53. The molecule has 0 spiro atoms. The molecule has 20 heavy (non-hydrogen) atoms. The van der Waals surface area contributed by atoms with Crippen molar-refractivity contribution in [2.24, 2.45) is 23.7 Å². The van der Waals surface area contributed by atoms with Crippen molar-refractivity contribution in [2.75, 3.05) is 0 Å². The van der Waals surface area contributed by atoms with E-state index >= 15 is 0 Å². The third kappa shape index (κ3) is 1.99. The lowest BCUT2D eigenvalue weighted by Gasteiger charge is -2.32. The van der Waals surface area contributed by atoms with Crippen LogP contribution in [0.2, 0.25) is 0 Å². The lowest BCUT2D eigenvalue weighted by Crippen LogP contribution is -2.38. The molecule has 108 valence electrons. The fraction of sp³-hybridized carbons (Fsp3) is 0.733. The minimum Gasteiger partial charge on any atom is -0.309 e. The molecule has 0 aliphatic heterocycles. The second-order valence-electron chi connectivity index (χ2n) is 6.64. The number of nitrogens with one attached hydrogen (secondary N) is 1. The van der Waals surface area contributed by atoms with Crippen LogP contribution < -0.4 is 5.32 Å². The molecule has 0 saturated heterocycles. The van der Waals surface area contributed by atoms with Crippen molar-refractivity contribution in [3.05, 3.63) is 27.1 Å². The van der Waals surface area contributed by atoms with Crippen LogP contribution in [0.4, 0.5) is 5.00 Å². The predicted molar refractivity (Wildman–Crippen MR) is 78.6 cm³/mol. The second-order valence-corrected chi connectivity index (χ2v) is 7.79. The van der Waals surface area contributed by atoms with Crippen LogP contribution in [0.25, 0.3) is 0 Å². The Balaban J connectivity index is 1.37. The van der Waals surface area contributed by atoms with Crippen molar-refractivity contribution >= 4 is 16.3 Å². The van der Waals surface area contributed by atoms with Gasteiger partial charge in [0.2, 0.25) is 0 Å². The molecule has 3 aliphatic carbocycles. The average Bonchev–Trinajstić information content (AvgIpc) is 3.17. The SMILES string of the molecule is O=[N+]([O-])c1ccc(CNC2CC3CC2C2CCCC32)s1. The fourth-order valence-electron chi connectivity index (χ4n) is 5.09. The van der Waals surface area contributed by atoms with Crippen LogP contribution in [0.5, 0.6) is 0 Å². The van der Waals surface area contributed by atoms with Crippen molar-refractivity contribution in [2.45, 2.75) is 44.7 Å². The molecule has 3 aliphatic rings. The molecule has 0 aromatic carbocycles. The molecule has 4 nitrogen and oxygen atoms in total. The van der Waals surface area contributed by atoms with Gasteiger partial charge in [0, 0.05) is 23.5 Å². The third-order valence-electron chi connectivity index (χ3n) is 5.79. The smallest absolute Gasteiger partial charge is 0.309 e. The molecule has 4 rings (SSSR count). The summed E-state index contributed by atoms with van der Waals surface area (Å²) in [5.74, 6) is 3.84. The average molecular weight is 292 g/mol. The molecule has 5 heteroatoms. The van der Waals surface area contributed by atoms with Gasteiger partial charge in [-0.2, -0.15) is 0 Å². The molecule has 5 atom stereocenters. The maximum Gasteiger partial charge on any atom is 0.324 e. The minimum absolute atomic E-state index is 0.255. The summed E-state index contributed by atoms with van der Waals surface area (Å²) in [6.07, 6.45) is 7.10. The largest absolute Gasteiger partial charge is 0.324 e. The van der Waals surface area contributed by atoms with E-state index in [9.17, 15) is 10.1 Å². The van der Waals surface area contributed by atoms with E-state index in [1.165, 1.54) is 43.4 Å². The first kappa shape index (κ1) is 12.8. The molecule has 3 saturated carbocycles. The summed E-state index contributed by atoms with van der Waals surface area (Å²) in [5, 5.41) is 14.6. The number of hydrogen-bond acceptors (Lipinski definition) is 4. The summed E-state index contributed by atoms with van der Waals surface area (Å²) in [5.41, 5.74) is 0. The first-order valence-corrected chi connectivity index (χ1v) is 8.50. The minimum atomic E-state index is -0.297. The molecule has 2 bridgehead atoms. The Morgan fingerprint density at radius 1 is 1.25 bits per heavy atom. The standard InChI is InChI=1S/C15H20N2O2S/c18-17(19)15-5-4-10(20-15)8-16-14-7-9-6-13(14)12-3-1-2-11(9)12/h4-5,9,11-14,16H,1-3,6-8H2. The highest BCUT2D eigenvalue weighted by Crippen LogP contribution is 2.58. The van der Waals surface area contributed by atoms with E-state index in [-0.39, 0.29) is 9.92 Å². The predicted octanol–water partition coefficient (Wildman–Crippen LogP) is 3.57. The zero-order valence-electron chi connectivity index (χ0n) is 11.5. The summed E-state index contributed by atoms with van der Waals surface area (Å²) in [4.78, 5) is 11.5. The van der Waals surface area contributed by atoms with Gasteiger partial charge in [0.25, 0.3) is 0 Å². The van der Waals surface area contributed by atoms with E-state index in [0.29, 0.717) is 6.04 Å². The number of rotatable bonds is 4. The van der Waals surface area contributed by atoms with Crippen molar-refractivity contribution in [1.29, 1.82) is 0 Å².